The maximum absolute atomic E-state index is 12.1. The van der Waals surface area contributed by atoms with Crippen LogP contribution in [0.5, 0.6) is 5.75 Å². The summed E-state index contributed by atoms with van der Waals surface area (Å²) in [6.07, 6.45) is 4.29. The van der Waals surface area contributed by atoms with Crippen molar-refractivity contribution >= 4 is 23.4 Å². The number of benzene rings is 2. The molecule has 0 saturated carbocycles. The van der Waals surface area contributed by atoms with Crippen molar-refractivity contribution in [3.63, 3.8) is 0 Å². The first kappa shape index (κ1) is 33.1. The molecule has 1 N–H and O–H groups in total. The van der Waals surface area contributed by atoms with E-state index in [1.165, 1.54) is 24.3 Å². The van der Waals surface area contributed by atoms with Gasteiger partial charge in [0.1, 0.15) is 19.0 Å². The molecule has 1 amide bonds. The molecular formula is C28H34N2O11. The summed E-state index contributed by atoms with van der Waals surface area (Å²) in [7, 11) is 0. The molecule has 2 rings (SSSR count). The molecule has 41 heavy (non-hydrogen) atoms. The number of nitro groups is 1. The molecular weight excluding hydrogens is 540 g/mol. The van der Waals surface area contributed by atoms with E-state index in [1.807, 2.05) is 0 Å². The third-order valence-electron chi connectivity index (χ3n) is 4.99. The van der Waals surface area contributed by atoms with Gasteiger partial charge in [-0.1, -0.05) is 18.1 Å². The Morgan fingerprint density at radius 2 is 1.32 bits per heavy atom. The van der Waals surface area contributed by atoms with Crippen LogP contribution in [0.15, 0.2) is 48.5 Å². The molecule has 2 aromatic carbocycles. The Hall–Kier alpha value is -4.06. The Morgan fingerprint density at radius 3 is 1.85 bits per heavy atom. The first-order valence-corrected chi connectivity index (χ1v) is 12.8. The minimum Gasteiger partial charge on any atom is -0.429 e. The van der Waals surface area contributed by atoms with Gasteiger partial charge in [0.2, 0.25) is 5.91 Å². The quantitative estimate of drug-likeness (QED) is 0.0583. The molecule has 0 fully saturated rings. The summed E-state index contributed by atoms with van der Waals surface area (Å²) in [5.41, 5.74) is 1.14. The molecule has 13 nitrogen and oxygen atoms in total. The molecule has 222 valence electrons. The van der Waals surface area contributed by atoms with Gasteiger partial charge in [-0.25, -0.2) is 4.79 Å². The van der Waals surface area contributed by atoms with Crippen LogP contribution in [0.4, 0.5) is 16.2 Å². The van der Waals surface area contributed by atoms with E-state index in [-0.39, 0.29) is 43.6 Å². The number of rotatable bonds is 21. The number of carbonyl (C=O) groups excluding carboxylic acids is 2. The fourth-order valence-corrected chi connectivity index (χ4v) is 2.99. The number of nitro benzene ring substituents is 1. The Labute approximate surface area is 238 Å². The van der Waals surface area contributed by atoms with E-state index in [9.17, 15) is 19.7 Å². The summed E-state index contributed by atoms with van der Waals surface area (Å²) in [5.74, 6) is 2.29. The normalized spacial score (nSPS) is 10.5. The van der Waals surface area contributed by atoms with E-state index in [0.29, 0.717) is 64.1 Å². The highest BCUT2D eigenvalue weighted by molar-refractivity contribution is 5.90. The lowest BCUT2D eigenvalue weighted by atomic mass is 10.2. The number of terminal acetylenes is 1. The summed E-state index contributed by atoms with van der Waals surface area (Å²) in [5, 5.41) is 13.4. The zero-order chi connectivity index (χ0) is 29.5. The number of anilines is 1. The summed E-state index contributed by atoms with van der Waals surface area (Å²) in [4.78, 5) is 34.0. The van der Waals surface area contributed by atoms with E-state index < -0.39 is 11.1 Å². The number of nitrogens with zero attached hydrogens (tertiary/aromatic N) is 1. The molecule has 0 unspecified atom stereocenters. The summed E-state index contributed by atoms with van der Waals surface area (Å²) in [6.45, 7) is 3.93. The smallest absolute Gasteiger partial charge is 0.429 e. The van der Waals surface area contributed by atoms with Crippen molar-refractivity contribution < 1.29 is 47.7 Å². The lowest BCUT2D eigenvalue weighted by Gasteiger charge is -2.09. The van der Waals surface area contributed by atoms with Gasteiger partial charge in [0, 0.05) is 17.8 Å². The third kappa shape index (κ3) is 16.0. The highest BCUT2D eigenvalue weighted by Crippen LogP contribution is 2.18. The number of carbonyl (C=O) groups is 2. The number of ether oxygens (including phenoxy) is 7. The predicted molar refractivity (Wildman–Crippen MR) is 147 cm³/mol. The van der Waals surface area contributed by atoms with Crippen LogP contribution >= 0.6 is 0 Å². The fourth-order valence-electron chi connectivity index (χ4n) is 2.99. The number of nitrogens with one attached hydrogen (secondary N) is 1. The van der Waals surface area contributed by atoms with Gasteiger partial charge in [-0.2, -0.15) is 0 Å². The van der Waals surface area contributed by atoms with Crippen LogP contribution < -0.4 is 10.1 Å². The summed E-state index contributed by atoms with van der Waals surface area (Å²) < 4.78 is 36.6. The topological polar surface area (TPSA) is 154 Å². The number of amides is 1. The van der Waals surface area contributed by atoms with Crippen molar-refractivity contribution in [1.82, 2.24) is 0 Å². The zero-order valence-corrected chi connectivity index (χ0v) is 22.6. The highest BCUT2D eigenvalue weighted by atomic mass is 16.7. The predicted octanol–water partition coefficient (Wildman–Crippen LogP) is 3.36. The van der Waals surface area contributed by atoms with Crippen molar-refractivity contribution in [2.75, 3.05) is 71.4 Å². The van der Waals surface area contributed by atoms with Gasteiger partial charge >= 0.3 is 6.16 Å². The maximum Gasteiger partial charge on any atom is 0.514 e. The lowest BCUT2D eigenvalue weighted by molar-refractivity contribution is -0.384. The Balaban J connectivity index is 1.45. The van der Waals surface area contributed by atoms with Crippen molar-refractivity contribution in [2.45, 2.75) is 13.0 Å². The molecule has 0 saturated heterocycles. The average Bonchev–Trinajstić information content (AvgIpc) is 2.97. The van der Waals surface area contributed by atoms with Crippen molar-refractivity contribution in [2.24, 2.45) is 0 Å². The second-order valence-corrected chi connectivity index (χ2v) is 8.09. The molecule has 0 spiro atoms. The Bertz CT molecular complexity index is 1090. The van der Waals surface area contributed by atoms with Crippen LogP contribution in [-0.4, -0.2) is 83.1 Å². The number of hydrogen-bond donors (Lipinski definition) is 1. The summed E-state index contributed by atoms with van der Waals surface area (Å²) in [6, 6.07) is 11.8. The van der Waals surface area contributed by atoms with E-state index in [0.717, 1.165) is 0 Å². The van der Waals surface area contributed by atoms with Crippen LogP contribution in [-0.2, 0) is 39.8 Å². The van der Waals surface area contributed by atoms with Gasteiger partial charge < -0.3 is 38.5 Å². The monoisotopic (exact) mass is 574 g/mol. The van der Waals surface area contributed by atoms with E-state index in [2.05, 4.69) is 11.2 Å². The van der Waals surface area contributed by atoms with Gasteiger partial charge in [0.25, 0.3) is 5.69 Å². The standard InChI is InChI=1S/C28H34N2O11/c1-2-12-35-14-16-37-18-20-39-21-19-38-17-15-36-13-11-27(31)29-24-5-3-23(4-6-24)22-40-28(32)41-26-9-7-25(8-10-26)30(33)34/h1,3-10H,11-22H2,(H,29,31). The second kappa shape index (κ2) is 20.8. The van der Waals surface area contributed by atoms with E-state index in [4.69, 9.17) is 39.6 Å². The number of hydrogen-bond acceptors (Lipinski definition) is 11. The van der Waals surface area contributed by atoms with Crippen LogP contribution in [0.1, 0.15) is 12.0 Å². The highest BCUT2D eigenvalue weighted by Gasteiger charge is 2.10. The summed E-state index contributed by atoms with van der Waals surface area (Å²) >= 11 is 0. The molecule has 0 aliphatic carbocycles. The average molecular weight is 575 g/mol. The van der Waals surface area contributed by atoms with Crippen LogP contribution in [0.25, 0.3) is 0 Å². The van der Waals surface area contributed by atoms with Crippen LogP contribution in [0.2, 0.25) is 0 Å². The van der Waals surface area contributed by atoms with Crippen LogP contribution in [0, 0.1) is 22.5 Å². The van der Waals surface area contributed by atoms with Crippen molar-refractivity contribution in [3.05, 3.63) is 64.2 Å². The van der Waals surface area contributed by atoms with Gasteiger partial charge in [0.15, 0.2) is 0 Å². The molecule has 0 bridgehead atoms. The van der Waals surface area contributed by atoms with Crippen molar-refractivity contribution in [1.29, 1.82) is 0 Å². The molecule has 0 radical (unpaired) electrons. The Kier molecular flexibility index (Phi) is 16.8. The molecule has 13 heteroatoms. The van der Waals surface area contributed by atoms with E-state index in [1.54, 1.807) is 24.3 Å². The zero-order valence-electron chi connectivity index (χ0n) is 22.6. The third-order valence-corrected chi connectivity index (χ3v) is 4.99. The molecule has 0 aliphatic rings. The van der Waals surface area contributed by atoms with Gasteiger partial charge in [0.05, 0.1) is 70.8 Å². The molecule has 0 aromatic heterocycles. The molecule has 0 heterocycles. The molecule has 2 aromatic rings. The fraction of sp³-hybridized carbons (Fsp3) is 0.429. The van der Waals surface area contributed by atoms with E-state index >= 15 is 0 Å². The lowest BCUT2D eigenvalue weighted by Crippen LogP contribution is -2.16. The molecule has 0 atom stereocenters. The van der Waals surface area contributed by atoms with Gasteiger partial charge in [-0.3, -0.25) is 14.9 Å². The SMILES string of the molecule is C#CCOCCOCCOCCOCCOCCC(=O)Nc1ccc(COC(=O)Oc2ccc([N+](=O)[O-])cc2)cc1. The first-order chi connectivity index (χ1) is 20.0. The minimum atomic E-state index is -0.949. The van der Waals surface area contributed by atoms with Gasteiger partial charge in [-0.15, -0.1) is 6.42 Å². The Morgan fingerprint density at radius 1 is 0.780 bits per heavy atom. The minimum absolute atomic E-state index is 0.0550. The van der Waals surface area contributed by atoms with Gasteiger partial charge in [-0.05, 0) is 29.8 Å². The van der Waals surface area contributed by atoms with Crippen LogP contribution in [0.3, 0.4) is 0 Å². The molecule has 0 aliphatic heterocycles. The van der Waals surface area contributed by atoms with Crippen molar-refractivity contribution in [3.8, 4) is 18.1 Å². The first-order valence-electron chi connectivity index (χ1n) is 12.8. The maximum atomic E-state index is 12.1. The number of non-ortho nitro benzene ring substituents is 1. The second-order valence-electron chi connectivity index (χ2n) is 8.09. The largest absolute Gasteiger partial charge is 0.514 e.